The highest BCUT2D eigenvalue weighted by Gasteiger charge is 2.29. The molecule has 0 saturated heterocycles. The average Bonchev–Trinajstić information content (AvgIpc) is 2.44. The lowest BCUT2D eigenvalue weighted by atomic mass is 9.84. The first-order valence-corrected chi connectivity index (χ1v) is 6.32. The van der Waals surface area contributed by atoms with Gasteiger partial charge < -0.3 is 4.74 Å². The Balaban J connectivity index is 2.13. The van der Waals surface area contributed by atoms with E-state index in [-0.39, 0.29) is 11.6 Å². The Morgan fingerprint density at radius 1 is 0.900 bits per heavy atom. The molecule has 4 heteroatoms. The van der Waals surface area contributed by atoms with Crippen molar-refractivity contribution in [3.8, 4) is 5.75 Å². The number of benzene rings is 2. The summed E-state index contributed by atoms with van der Waals surface area (Å²) < 4.78 is 5.37. The second kappa shape index (κ2) is 4.58. The van der Waals surface area contributed by atoms with Gasteiger partial charge in [0.2, 0.25) is 0 Å². The van der Waals surface area contributed by atoms with E-state index in [0.717, 1.165) is 0 Å². The van der Waals surface area contributed by atoms with Crippen molar-refractivity contribution in [2.45, 2.75) is 13.2 Å². The molecule has 0 fully saturated rings. The van der Waals surface area contributed by atoms with Crippen LogP contribution in [0.25, 0.3) is 0 Å². The molecule has 0 spiro atoms. The number of ketones is 2. The fourth-order valence-electron chi connectivity index (χ4n) is 2.37. The molecule has 1 aliphatic rings. The molecule has 0 saturated carbocycles. The predicted molar refractivity (Wildman–Crippen MR) is 74.0 cm³/mol. The van der Waals surface area contributed by atoms with Crippen LogP contribution in [0.2, 0.25) is 0 Å². The summed E-state index contributed by atoms with van der Waals surface area (Å²) in [6, 6.07) is 11.7. The molecular weight excluding hydrogens is 254 g/mol. The van der Waals surface area contributed by atoms with E-state index in [0.29, 0.717) is 28.0 Å². The normalized spacial score (nSPS) is 14.5. The third-order valence-electron chi connectivity index (χ3n) is 3.22. The first-order valence-electron chi connectivity index (χ1n) is 6.32. The Morgan fingerprint density at radius 2 is 1.45 bits per heavy atom. The van der Waals surface area contributed by atoms with Gasteiger partial charge in [0, 0.05) is 22.3 Å². The van der Waals surface area contributed by atoms with E-state index in [1.807, 2.05) is 0 Å². The SMILES string of the molecule is CC(N)Oc1ccc2c(c1)C(=O)c1ccccc1C2=O. The Kier molecular flexibility index (Phi) is 2.88. The summed E-state index contributed by atoms with van der Waals surface area (Å²) in [7, 11) is 0. The third-order valence-corrected chi connectivity index (χ3v) is 3.22. The number of carbonyl (C=O) groups excluding carboxylic acids is 2. The lowest BCUT2D eigenvalue weighted by Gasteiger charge is -2.18. The molecule has 1 atom stereocenters. The summed E-state index contributed by atoms with van der Waals surface area (Å²) >= 11 is 0. The zero-order valence-electron chi connectivity index (χ0n) is 10.9. The number of carbonyl (C=O) groups is 2. The Bertz CT molecular complexity index is 719. The topological polar surface area (TPSA) is 69.4 Å². The van der Waals surface area contributed by atoms with Crippen molar-refractivity contribution in [1.82, 2.24) is 0 Å². The number of rotatable bonds is 2. The standard InChI is InChI=1S/C16H13NO3/c1-9(17)20-10-6-7-13-14(8-10)16(19)12-5-3-2-4-11(12)15(13)18/h2-9H,17H2,1H3. The van der Waals surface area contributed by atoms with Gasteiger partial charge in [-0.1, -0.05) is 24.3 Å². The zero-order valence-corrected chi connectivity index (χ0v) is 10.9. The molecule has 1 aliphatic carbocycles. The van der Waals surface area contributed by atoms with Crippen LogP contribution in [0.1, 0.15) is 38.8 Å². The average molecular weight is 267 g/mol. The number of hydrogen-bond acceptors (Lipinski definition) is 4. The third kappa shape index (κ3) is 1.90. The molecule has 3 rings (SSSR count). The van der Waals surface area contributed by atoms with E-state index in [1.54, 1.807) is 49.4 Å². The fraction of sp³-hybridized carbons (Fsp3) is 0.125. The van der Waals surface area contributed by atoms with Gasteiger partial charge in [0.15, 0.2) is 11.6 Å². The highest BCUT2D eigenvalue weighted by Crippen LogP contribution is 2.29. The largest absolute Gasteiger partial charge is 0.476 e. The Labute approximate surface area is 116 Å². The first-order chi connectivity index (χ1) is 9.58. The van der Waals surface area contributed by atoms with E-state index in [1.165, 1.54) is 0 Å². The molecule has 20 heavy (non-hydrogen) atoms. The van der Waals surface area contributed by atoms with Crippen LogP contribution in [0.15, 0.2) is 42.5 Å². The number of nitrogens with two attached hydrogens (primary N) is 1. The van der Waals surface area contributed by atoms with E-state index in [4.69, 9.17) is 10.5 Å². The van der Waals surface area contributed by atoms with E-state index in [9.17, 15) is 9.59 Å². The molecular formula is C16H13NO3. The maximum absolute atomic E-state index is 12.5. The summed E-state index contributed by atoms with van der Waals surface area (Å²) in [6.07, 6.45) is -0.477. The van der Waals surface area contributed by atoms with Gasteiger partial charge in [-0.15, -0.1) is 0 Å². The van der Waals surface area contributed by atoms with Crippen LogP contribution >= 0.6 is 0 Å². The molecule has 0 aliphatic heterocycles. The summed E-state index contributed by atoms with van der Waals surface area (Å²) in [5.41, 5.74) is 7.22. The highest BCUT2D eigenvalue weighted by molar-refractivity contribution is 6.28. The summed E-state index contributed by atoms with van der Waals surface area (Å²) in [4.78, 5) is 24.8. The van der Waals surface area contributed by atoms with Gasteiger partial charge in [-0.25, -0.2) is 0 Å². The van der Waals surface area contributed by atoms with Crippen LogP contribution in [-0.4, -0.2) is 17.8 Å². The number of hydrogen-bond donors (Lipinski definition) is 1. The van der Waals surface area contributed by atoms with Crippen molar-refractivity contribution in [2.24, 2.45) is 5.73 Å². The van der Waals surface area contributed by atoms with E-state index < -0.39 is 6.23 Å². The monoisotopic (exact) mass is 267 g/mol. The molecule has 100 valence electrons. The second-order valence-corrected chi connectivity index (χ2v) is 4.73. The molecule has 0 radical (unpaired) electrons. The minimum Gasteiger partial charge on any atom is -0.476 e. The van der Waals surface area contributed by atoms with Crippen molar-refractivity contribution >= 4 is 11.6 Å². The van der Waals surface area contributed by atoms with Gasteiger partial charge >= 0.3 is 0 Å². The van der Waals surface area contributed by atoms with Crippen LogP contribution in [0.3, 0.4) is 0 Å². The van der Waals surface area contributed by atoms with Gasteiger partial charge in [0.1, 0.15) is 12.0 Å². The van der Waals surface area contributed by atoms with Crippen LogP contribution in [-0.2, 0) is 0 Å². The van der Waals surface area contributed by atoms with E-state index in [2.05, 4.69) is 0 Å². The van der Waals surface area contributed by atoms with Gasteiger partial charge in [-0.3, -0.25) is 15.3 Å². The molecule has 2 aromatic carbocycles. The molecule has 2 N–H and O–H groups in total. The lowest BCUT2D eigenvalue weighted by molar-refractivity contribution is 0.0978. The maximum Gasteiger partial charge on any atom is 0.194 e. The van der Waals surface area contributed by atoms with Crippen LogP contribution in [0.5, 0.6) is 5.75 Å². The Morgan fingerprint density at radius 3 is 2.05 bits per heavy atom. The van der Waals surface area contributed by atoms with Crippen molar-refractivity contribution in [3.63, 3.8) is 0 Å². The van der Waals surface area contributed by atoms with Crippen molar-refractivity contribution < 1.29 is 14.3 Å². The van der Waals surface area contributed by atoms with E-state index >= 15 is 0 Å². The fourth-order valence-corrected chi connectivity index (χ4v) is 2.37. The Hall–Kier alpha value is -2.46. The van der Waals surface area contributed by atoms with Crippen LogP contribution in [0.4, 0.5) is 0 Å². The molecule has 0 bridgehead atoms. The predicted octanol–water partition coefficient (Wildman–Crippen LogP) is 2.15. The number of ether oxygens (including phenoxy) is 1. The second-order valence-electron chi connectivity index (χ2n) is 4.73. The minimum atomic E-state index is -0.477. The smallest absolute Gasteiger partial charge is 0.194 e. The molecule has 4 nitrogen and oxygen atoms in total. The van der Waals surface area contributed by atoms with Gasteiger partial charge in [0.05, 0.1) is 0 Å². The van der Waals surface area contributed by atoms with Crippen molar-refractivity contribution in [2.75, 3.05) is 0 Å². The van der Waals surface area contributed by atoms with Crippen LogP contribution < -0.4 is 10.5 Å². The molecule has 0 heterocycles. The summed E-state index contributed by atoms with van der Waals surface area (Å²) in [5, 5.41) is 0. The lowest BCUT2D eigenvalue weighted by Crippen LogP contribution is -2.24. The van der Waals surface area contributed by atoms with Gasteiger partial charge in [0.25, 0.3) is 0 Å². The van der Waals surface area contributed by atoms with Gasteiger partial charge in [-0.2, -0.15) is 0 Å². The molecule has 0 aromatic heterocycles. The summed E-state index contributed by atoms with van der Waals surface area (Å²) in [5.74, 6) is 0.187. The van der Waals surface area contributed by atoms with Crippen molar-refractivity contribution in [1.29, 1.82) is 0 Å². The molecule has 1 unspecified atom stereocenters. The first kappa shape index (κ1) is 12.6. The van der Waals surface area contributed by atoms with Crippen LogP contribution in [0, 0.1) is 0 Å². The zero-order chi connectivity index (χ0) is 14.3. The maximum atomic E-state index is 12.5. The van der Waals surface area contributed by atoms with Crippen molar-refractivity contribution in [3.05, 3.63) is 64.7 Å². The minimum absolute atomic E-state index is 0.137. The molecule has 2 aromatic rings. The molecule has 0 amide bonds. The summed E-state index contributed by atoms with van der Waals surface area (Å²) in [6.45, 7) is 1.70. The van der Waals surface area contributed by atoms with Gasteiger partial charge in [-0.05, 0) is 25.1 Å². The quantitative estimate of drug-likeness (QED) is 0.722. The highest BCUT2D eigenvalue weighted by atomic mass is 16.5. The number of fused-ring (bicyclic) bond motifs is 2.